The molecule has 0 bridgehead atoms. The van der Waals surface area contributed by atoms with E-state index in [0.717, 1.165) is 0 Å². The molecule has 1 aromatic heterocycles. The maximum atomic E-state index is 13.0. The van der Waals surface area contributed by atoms with E-state index in [2.05, 4.69) is 22.1 Å². The number of para-hydroxylation sites is 2. The second kappa shape index (κ2) is 6.27. The van der Waals surface area contributed by atoms with Crippen LogP contribution in [0.1, 0.15) is 34.5 Å². The van der Waals surface area contributed by atoms with Crippen LogP contribution in [0.2, 0.25) is 0 Å². The van der Waals surface area contributed by atoms with Crippen LogP contribution in [-0.2, 0) is 11.8 Å². The van der Waals surface area contributed by atoms with E-state index >= 15 is 0 Å². The highest BCUT2D eigenvalue weighted by atomic mass is 16.3. The van der Waals surface area contributed by atoms with E-state index in [-0.39, 0.29) is 17.0 Å². The number of fused-ring (bicyclic) bond motifs is 3. The molecule has 142 valence electrons. The van der Waals surface area contributed by atoms with Crippen molar-refractivity contribution in [2.24, 2.45) is 0 Å². The molecule has 2 N–H and O–H groups in total. The molecule has 1 spiro atoms. The van der Waals surface area contributed by atoms with E-state index < -0.39 is 11.7 Å². The fraction of sp³-hybridized carbons (Fsp3) is 0.318. The number of H-pyrrole nitrogens is 1. The average Bonchev–Trinajstić information content (AvgIpc) is 2.99. The van der Waals surface area contributed by atoms with Crippen molar-refractivity contribution in [1.82, 2.24) is 14.9 Å². The number of likely N-dealkylation sites (tertiary alicyclic amines) is 1. The van der Waals surface area contributed by atoms with Crippen LogP contribution in [0, 0.1) is 0 Å². The lowest BCUT2D eigenvalue weighted by Crippen LogP contribution is -2.49. The molecule has 3 aromatic rings. The van der Waals surface area contributed by atoms with Crippen molar-refractivity contribution < 1.29 is 9.90 Å². The lowest BCUT2D eigenvalue weighted by atomic mass is 9.72. The molecule has 1 atom stereocenters. The van der Waals surface area contributed by atoms with Crippen LogP contribution in [0.25, 0.3) is 11.0 Å². The Balaban J connectivity index is 1.41. The molecule has 1 saturated heterocycles. The third-order valence-electron chi connectivity index (χ3n) is 6.35. The minimum absolute atomic E-state index is 0.0676. The molecule has 2 heterocycles. The Labute approximate surface area is 161 Å². The third kappa shape index (κ3) is 2.48. The van der Waals surface area contributed by atoms with Crippen LogP contribution in [0.5, 0.6) is 0 Å². The van der Waals surface area contributed by atoms with Gasteiger partial charge in [-0.2, -0.15) is 0 Å². The maximum absolute atomic E-state index is 13.0. The van der Waals surface area contributed by atoms with Crippen LogP contribution >= 0.6 is 0 Å². The molecule has 1 aliphatic carbocycles. The van der Waals surface area contributed by atoms with Gasteiger partial charge in [0.05, 0.1) is 17.1 Å². The van der Waals surface area contributed by atoms with Crippen LogP contribution in [0.15, 0.2) is 53.3 Å². The minimum Gasteiger partial charge on any atom is -0.392 e. The molecule has 2 aromatic carbocycles. The SMILES string of the molecule is O=C(c1nc2ccccc2[nH]c1=O)N1CCC2(CC1)c1ccccc1C[C@H]2O. The predicted octanol–water partition coefficient (Wildman–Crippen LogP) is 2.01. The minimum atomic E-state index is -0.463. The number of carbonyl (C=O) groups excluding carboxylic acids is 1. The number of hydrogen-bond donors (Lipinski definition) is 2. The Morgan fingerprint density at radius 3 is 2.64 bits per heavy atom. The van der Waals surface area contributed by atoms with E-state index in [9.17, 15) is 14.7 Å². The van der Waals surface area contributed by atoms with Gasteiger partial charge in [0.25, 0.3) is 11.5 Å². The number of aliphatic hydroxyl groups excluding tert-OH is 1. The zero-order valence-corrected chi connectivity index (χ0v) is 15.4. The Morgan fingerprint density at radius 2 is 1.82 bits per heavy atom. The van der Waals surface area contributed by atoms with Gasteiger partial charge in [0, 0.05) is 18.5 Å². The van der Waals surface area contributed by atoms with Crippen LogP contribution in [-0.4, -0.2) is 45.1 Å². The number of carbonyl (C=O) groups is 1. The van der Waals surface area contributed by atoms with Gasteiger partial charge in [0.1, 0.15) is 0 Å². The van der Waals surface area contributed by atoms with E-state index in [0.29, 0.717) is 43.4 Å². The first-order valence-electron chi connectivity index (χ1n) is 9.63. The quantitative estimate of drug-likeness (QED) is 0.681. The molecule has 0 unspecified atom stereocenters. The van der Waals surface area contributed by atoms with E-state index in [1.54, 1.807) is 17.0 Å². The molecule has 0 radical (unpaired) electrons. The van der Waals surface area contributed by atoms with Gasteiger partial charge in [-0.05, 0) is 42.5 Å². The number of rotatable bonds is 1. The first-order valence-corrected chi connectivity index (χ1v) is 9.63. The van der Waals surface area contributed by atoms with Crippen molar-refractivity contribution in [1.29, 1.82) is 0 Å². The standard InChI is InChI=1S/C22H21N3O3/c26-18-13-14-5-1-2-6-15(14)22(18)9-11-25(12-10-22)21(28)19-20(27)24-17-8-4-3-7-16(17)23-19/h1-8,18,26H,9-13H2,(H,24,27)/t18-/m1/s1. The number of amides is 1. The fourth-order valence-electron chi connectivity index (χ4n) is 4.80. The summed E-state index contributed by atoms with van der Waals surface area (Å²) in [6.45, 7) is 0.996. The van der Waals surface area contributed by atoms with Crippen LogP contribution in [0.3, 0.4) is 0 Å². The number of aromatic nitrogens is 2. The number of benzene rings is 2. The van der Waals surface area contributed by atoms with Gasteiger partial charge in [0.15, 0.2) is 5.69 Å². The van der Waals surface area contributed by atoms with Crippen molar-refractivity contribution in [2.75, 3.05) is 13.1 Å². The summed E-state index contributed by atoms with van der Waals surface area (Å²) in [6, 6.07) is 15.4. The van der Waals surface area contributed by atoms with Crippen LogP contribution in [0.4, 0.5) is 0 Å². The zero-order chi connectivity index (χ0) is 19.3. The maximum Gasteiger partial charge on any atom is 0.280 e. The summed E-state index contributed by atoms with van der Waals surface area (Å²) in [5.41, 5.74) is 2.79. The monoisotopic (exact) mass is 375 g/mol. The largest absolute Gasteiger partial charge is 0.392 e. The van der Waals surface area contributed by atoms with Gasteiger partial charge in [-0.15, -0.1) is 0 Å². The molecule has 0 saturated carbocycles. The Morgan fingerprint density at radius 1 is 1.11 bits per heavy atom. The summed E-state index contributed by atoms with van der Waals surface area (Å²) < 4.78 is 0. The van der Waals surface area contributed by atoms with Gasteiger partial charge in [-0.1, -0.05) is 36.4 Å². The Hall–Kier alpha value is -2.99. The molecule has 6 heteroatoms. The van der Waals surface area contributed by atoms with Crippen molar-refractivity contribution >= 4 is 16.9 Å². The highest BCUT2D eigenvalue weighted by molar-refractivity contribution is 5.93. The van der Waals surface area contributed by atoms with Gasteiger partial charge >= 0.3 is 0 Å². The molecule has 2 aliphatic rings. The summed E-state index contributed by atoms with van der Waals surface area (Å²) in [5, 5.41) is 10.8. The molecule has 6 nitrogen and oxygen atoms in total. The van der Waals surface area contributed by atoms with Crippen molar-refractivity contribution in [3.05, 3.63) is 75.7 Å². The van der Waals surface area contributed by atoms with Gasteiger partial charge < -0.3 is 15.0 Å². The molecule has 1 aliphatic heterocycles. The average molecular weight is 375 g/mol. The number of nitrogens with one attached hydrogen (secondary N) is 1. The van der Waals surface area contributed by atoms with Gasteiger partial charge in [-0.3, -0.25) is 9.59 Å². The van der Waals surface area contributed by atoms with Gasteiger partial charge in [0.2, 0.25) is 0 Å². The highest BCUT2D eigenvalue weighted by Crippen LogP contribution is 2.46. The molecular formula is C22H21N3O3. The van der Waals surface area contributed by atoms with E-state index in [1.807, 2.05) is 24.3 Å². The fourth-order valence-corrected chi connectivity index (χ4v) is 4.80. The lowest BCUT2D eigenvalue weighted by molar-refractivity contribution is 0.0361. The summed E-state index contributed by atoms with van der Waals surface area (Å²) in [4.78, 5) is 34.1. The second-order valence-electron chi connectivity index (χ2n) is 7.76. The smallest absolute Gasteiger partial charge is 0.280 e. The summed E-state index contributed by atoms with van der Waals surface area (Å²) in [7, 11) is 0. The number of aliphatic hydroxyl groups is 1. The summed E-state index contributed by atoms with van der Waals surface area (Å²) >= 11 is 0. The van der Waals surface area contributed by atoms with E-state index in [1.165, 1.54) is 11.1 Å². The van der Waals surface area contributed by atoms with Crippen LogP contribution < -0.4 is 5.56 Å². The first-order chi connectivity index (χ1) is 13.6. The predicted molar refractivity (Wildman–Crippen MR) is 105 cm³/mol. The highest BCUT2D eigenvalue weighted by Gasteiger charge is 2.48. The molecule has 1 fully saturated rings. The summed E-state index contributed by atoms with van der Waals surface area (Å²) in [6.07, 6.45) is 1.60. The molecule has 1 amide bonds. The Kier molecular flexibility index (Phi) is 3.84. The lowest BCUT2D eigenvalue weighted by Gasteiger charge is -2.42. The normalized spacial score (nSPS) is 20.5. The number of aromatic amines is 1. The Bertz CT molecular complexity index is 1130. The topological polar surface area (TPSA) is 86.3 Å². The van der Waals surface area contributed by atoms with Gasteiger partial charge in [-0.25, -0.2) is 4.98 Å². The third-order valence-corrected chi connectivity index (χ3v) is 6.35. The number of piperidine rings is 1. The molecule has 28 heavy (non-hydrogen) atoms. The zero-order valence-electron chi connectivity index (χ0n) is 15.4. The number of hydrogen-bond acceptors (Lipinski definition) is 4. The van der Waals surface area contributed by atoms with Crippen molar-refractivity contribution in [3.8, 4) is 0 Å². The first kappa shape index (κ1) is 17.1. The number of nitrogens with zero attached hydrogens (tertiary/aromatic N) is 2. The summed E-state index contributed by atoms with van der Waals surface area (Å²) in [5.74, 6) is -0.345. The second-order valence-corrected chi connectivity index (χ2v) is 7.76. The molecule has 5 rings (SSSR count). The molecular weight excluding hydrogens is 354 g/mol. The van der Waals surface area contributed by atoms with E-state index in [4.69, 9.17) is 0 Å². The van der Waals surface area contributed by atoms with Crippen molar-refractivity contribution in [2.45, 2.75) is 30.8 Å². The van der Waals surface area contributed by atoms with Crippen molar-refractivity contribution in [3.63, 3.8) is 0 Å².